The number of carbonyl (C=O) groups is 4. The van der Waals surface area contributed by atoms with Gasteiger partial charge in [-0.3, -0.25) is 14.5 Å². The van der Waals surface area contributed by atoms with Crippen LogP contribution in [0.15, 0.2) is 53.9 Å². The lowest BCUT2D eigenvalue weighted by atomic mass is 9.99. The van der Waals surface area contributed by atoms with E-state index in [1.807, 2.05) is 30.3 Å². The molecule has 4 rings (SSSR count). The van der Waals surface area contributed by atoms with Gasteiger partial charge in [0, 0.05) is 27.2 Å². The molecule has 1 aliphatic heterocycles. The average molecular weight is 512 g/mol. The number of hydrogen-bond acceptors (Lipinski definition) is 6. The SMILES string of the molecule is C=[N+](C)C(=O)N(Cc1csc(-c2ccccc2)n1)C(=O)C1C(=O)N(CC(=O)O)c2ccc(Cl)cc21. The molecule has 2 aromatic carbocycles. The molecule has 1 unspecified atom stereocenters. The third-order valence-electron chi connectivity index (χ3n) is 5.36. The van der Waals surface area contributed by atoms with E-state index >= 15 is 0 Å². The second-order valence-corrected chi connectivity index (χ2v) is 9.16. The zero-order chi connectivity index (χ0) is 25.3. The fourth-order valence-corrected chi connectivity index (χ4v) is 4.80. The Morgan fingerprint density at radius 1 is 1.23 bits per heavy atom. The fourth-order valence-electron chi connectivity index (χ4n) is 3.80. The van der Waals surface area contributed by atoms with E-state index in [0.717, 1.165) is 19.9 Å². The van der Waals surface area contributed by atoms with Crippen molar-refractivity contribution < 1.29 is 28.9 Å². The highest BCUT2D eigenvalue weighted by Crippen LogP contribution is 2.40. The summed E-state index contributed by atoms with van der Waals surface area (Å²) in [7, 11) is 1.39. The Bertz CT molecular complexity index is 1360. The number of nitrogens with zero attached hydrogens (tertiary/aromatic N) is 4. The molecule has 0 bridgehead atoms. The Morgan fingerprint density at radius 3 is 2.60 bits per heavy atom. The number of carboxylic acid groups (broad SMARTS) is 1. The molecule has 0 fully saturated rings. The van der Waals surface area contributed by atoms with E-state index < -0.39 is 36.3 Å². The Kier molecular flexibility index (Phi) is 6.77. The molecule has 11 heteroatoms. The van der Waals surface area contributed by atoms with Gasteiger partial charge in [0.05, 0.1) is 19.5 Å². The van der Waals surface area contributed by atoms with Crippen LogP contribution in [-0.4, -0.2) is 63.7 Å². The third-order valence-corrected chi connectivity index (χ3v) is 6.54. The van der Waals surface area contributed by atoms with Crippen molar-refractivity contribution in [1.82, 2.24) is 9.88 Å². The molecule has 0 spiro atoms. The van der Waals surface area contributed by atoms with Gasteiger partial charge in [0.15, 0.2) is 5.92 Å². The summed E-state index contributed by atoms with van der Waals surface area (Å²) in [5.41, 5.74) is 1.84. The standard InChI is InChI=1S/C24H19ClN4O5S/c1-27(2)24(34)29(11-16-13-35-21(26-16)14-6-4-3-5-7-14)23(33)20-17-10-15(25)8-9-18(17)28(22(20)32)12-19(30)31/h3-10,13,20H,1,11-12H2,2H3/p+1. The molecule has 0 saturated carbocycles. The zero-order valence-electron chi connectivity index (χ0n) is 18.6. The van der Waals surface area contributed by atoms with Crippen LogP contribution in [0.5, 0.6) is 0 Å². The van der Waals surface area contributed by atoms with E-state index in [4.69, 9.17) is 11.6 Å². The van der Waals surface area contributed by atoms with E-state index in [0.29, 0.717) is 10.7 Å². The zero-order valence-corrected chi connectivity index (χ0v) is 20.1. The molecule has 4 amide bonds. The number of aromatic nitrogens is 1. The lowest BCUT2D eigenvalue weighted by Gasteiger charge is -2.17. The summed E-state index contributed by atoms with van der Waals surface area (Å²) in [5.74, 6) is -4.24. The number of imide groups is 1. The summed E-state index contributed by atoms with van der Waals surface area (Å²) in [5, 5.41) is 12.0. The van der Waals surface area contributed by atoms with E-state index in [2.05, 4.69) is 11.7 Å². The lowest BCUT2D eigenvalue weighted by molar-refractivity contribution is -0.392. The molecule has 1 atom stereocenters. The molecule has 178 valence electrons. The Labute approximate surface area is 209 Å². The van der Waals surface area contributed by atoms with Crippen molar-refractivity contribution in [3.05, 3.63) is 70.2 Å². The molecular formula is C24H20ClN4O5S+. The first-order valence-electron chi connectivity index (χ1n) is 10.4. The maximum Gasteiger partial charge on any atom is 0.500 e. The number of amides is 4. The largest absolute Gasteiger partial charge is 0.500 e. The van der Waals surface area contributed by atoms with Gasteiger partial charge in [-0.25, -0.2) is 14.4 Å². The minimum Gasteiger partial charge on any atom is -0.480 e. The number of carboxylic acids is 1. The van der Waals surface area contributed by atoms with Crippen LogP contribution in [0, 0.1) is 0 Å². The molecule has 1 N–H and O–H groups in total. The number of thiazole rings is 1. The van der Waals surface area contributed by atoms with Crippen molar-refractivity contribution >= 4 is 59.2 Å². The van der Waals surface area contributed by atoms with Crippen LogP contribution in [0.2, 0.25) is 5.02 Å². The van der Waals surface area contributed by atoms with Crippen LogP contribution in [0.1, 0.15) is 17.2 Å². The summed E-state index contributed by atoms with van der Waals surface area (Å²) in [6.45, 7) is 2.75. The number of fused-ring (bicyclic) bond motifs is 1. The minimum atomic E-state index is -1.43. The number of aliphatic carboxylic acids is 1. The van der Waals surface area contributed by atoms with Crippen molar-refractivity contribution in [1.29, 1.82) is 0 Å². The van der Waals surface area contributed by atoms with Gasteiger partial charge in [-0.2, -0.15) is 9.69 Å². The maximum absolute atomic E-state index is 13.7. The van der Waals surface area contributed by atoms with E-state index in [1.54, 1.807) is 5.38 Å². The normalized spacial score (nSPS) is 14.5. The first-order valence-corrected chi connectivity index (χ1v) is 11.6. The van der Waals surface area contributed by atoms with Gasteiger partial charge >= 0.3 is 17.9 Å². The second kappa shape index (κ2) is 9.77. The molecule has 0 radical (unpaired) electrons. The third kappa shape index (κ3) is 4.84. The van der Waals surface area contributed by atoms with Crippen molar-refractivity contribution in [3.8, 4) is 10.6 Å². The van der Waals surface area contributed by atoms with Gasteiger partial charge < -0.3 is 5.11 Å². The molecule has 35 heavy (non-hydrogen) atoms. The summed E-state index contributed by atoms with van der Waals surface area (Å²) >= 11 is 7.47. The van der Waals surface area contributed by atoms with Gasteiger partial charge in [-0.1, -0.05) is 41.9 Å². The average Bonchev–Trinajstić information content (AvgIpc) is 3.39. The van der Waals surface area contributed by atoms with Gasteiger partial charge in [0.25, 0.3) is 0 Å². The van der Waals surface area contributed by atoms with Gasteiger partial charge in [-0.15, -0.1) is 11.3 Å². The second-order valence-electron chi connectivity index (χ2n) is 7.87. The van der Waals surface area contributed by atoms with Crippen LogP contribution < -0.4 is 4.90 Å². The van der Waals surface area contributed by atoms with Crippen LogP contribution in [0.4, 0.5) is 10.5 Å². The van der Waals surface area contributed by atoms with Crippen molar-refractivity contribution in [2.45, 2.75) is 12.5 Å². The molecule has 1 aromatic heterocycles. The van der Waals surface area contributed by atoms with Gasteiger partial charge in [0.1, 0.15) is 18.1 Å². The predicted molar refractivity (Wildman–Crippen MR) is 131 cm³/mol. The van der Waals surface area contributed by atoms with Crippen molar-refractivity contribution in [3.63, 3.8) is 0 Å². The highest BCUT2D eigenvalue weighted by molar-refractivity contribution is 7.13. The van der Waals surface area contributed by atoms with Gasteiger partial charge in [0.2, 0.25) is 5.91 Å². The maximum atomic E-state index is 13.7. The molecular weight excluding hydrogens is 492 g/mol. The highest BCUT2D eigenvalue weighted by atomic mass is 35.5. The van der Waals surface area contributed by atoms with Crippen LogP contribution in [0.25, 0.3) is 10.6 Å². The number of anilines is 1. The van der Waals surface area contributed by atoms with E-state index in [-0.39, 0.29) is 22.8 Å². The summed E-state index contributed by atoms with van der Waals surface area (Å²) in [4.78, 5) is 57.6. The molecule has 0 aliphatic carbocycles. The Hall–Kier alpha value is -3.89. The smallest absolute Gasteiger partial charge is 0.480 e. The summed E-state index contributed by atoms with van der Waals surface area (Å²) in [6, 6.07) is 13.1. The number of rotatable bonds is 6. The first-order chi connectivity index (χ1) is 16.7. The minimum absolute atomic E-state index is 0.195. The number of urea groups is 1. The number of halogens is 1. The molecule has 2 heterocycles. The van der Waals surface area contributed by atoms with Crippen LogP contribution in [0.3, 0.4) is 0 Å². The quantitative estimate of drug-likeness (QED) is 0.308. The van der Waals surface area contributed by atoms with Crippen LogP contribution in [-0.2, 0) is 20.9 Å². The van der Waals surface area contributed by atoms with Gasteiger partial charge in [-0.05, 0) is 18.2 Å². The Morgan fingerprint density at radius 2 is 1.94 bits per heavy atom. The van der Waals surface area contributed by atoms with E-state index in [1.165, 1.54) is 36.6 Å². The van der Waals surface area contributed by atoms with Crippen molar-refractivity contribution in [2.24, 2.45) is 0 Å². The lowest BCUT2D eigenvalue weighted by Crippen LogP contribution is -2.45. The monoisotopic (exact) mass is 511 g/mol. The van der Waals surface area contributed by atoms with Crippen LogP contribution >= 0.6 is 22.9 Å². The topological polar surface area (TPSA) is 111 Å². The predicted octanol–water partition coefficient (Wildman–Crippen LogP) is 3.47. The van der Waals surface area contributed by atoms with E-state index in [9.17, 15) is 24.3 Å². The number of benzene rings is 2. The summed E-state index contributed by atoms with van der Waals surface area (Å²) < 4.78 is 0.982. The summed E-state index contributed by atoms with van der Waals surface area (Å²) in [6.07, 6.45) is 0. The molecule has 9 nitrogen and oxygen atoms in total. The molecule has 0 saturated heterocycles. The number of carbonyl (C=O) groups excluding carboxylic acids is 3. The first kappa shape index (κ1) is 24.2. The molecule has 3 aromatic rings. The fraction of sp³-hybridized carbons (Fsp3) is 0.167. The van der Waals surface area contributed by atoms with Crippen molar-refractivity contribution in [2.75, 3.05) is 18.5 Å². The highest BCUT2D eigenvalue weighted by Gasteiger charge is 2.49. The molecule has 1 aliphatic rings. The Balaban J connectivity index is 1.69. The number of hydrogen-bond donors (Lipinski definition) is 1.